The van der Waals surface area contributed by atoms with Crippen LogP contribution in [0.25, 0.3) is 0 Å². The van der Waals surface area contributed by atoms with Crippen LogP contribution in [0.4, 0.5) is 0 Å². The lowest BCUT2D eigenvalue weighted by Gasteiger charge is -2.35. The van der Waals surface area contributed by atoms with Gasteiger partial charge in [-0.15, -0.1) is 0 Å². The Hall–Kier alpha value is -2.12. The summed E-state index contributed by atoms with van der Waals surface area (Å²) in [6.45, 7) is 5.87. The molecule has 0 bridgehead atoms. The number of carbonyl (C=O) groups excluding carboxylic acids is 2. The van der Waals surface area contributed by atoms with Crippen molar-refractivity contribution in [3.05, 3.63) is 29.3 Å². The summed E-state index contributed by atoms with van der Waals surface area (Å²) < 4.78 is 11.3. The van der Waals surface area contributed by atoms with Crippen LogP contribution in [0.3, 0.4) is 0 Å². The molecule has 7 nitrogen and oxygen atoms in total. The van der Waals surface area contributed by atoms with Crippen LogP contribution in [0.1, 0.15) is 96.1 Å². The van der Waals surface area contributed by atoms with Crippen LogP contribution in [0, 0.1) is 11.8 Å². The number of unbranched alkanes of at least 4 members (excludes halogenated alkanes) is 2. The molecule has 0 saturated heterocycles. The molecule has 2 rings (SSSR count). The third-order valence-corrected chi connectivity index (χ3v) is 7.76. The maximum absolute atomic E-state index is 12.4. The lowest BCUT2D eigenvalue weighted by atomic mass is 9.72. The quantitative estimate of drug-likeness (QED) is 0.203. The van der Waals surface area contributed by atoms with Gasteiger partial charge >= 0.3 is 5.97 Å². The highest BCUT2D eigenvalue weighted by Crippen LogP contribution is 2.38. The van der Waals surface area contributed by atoms with Crippen molar-refractivity contribution in [2.24, 2.45) is 11.8 Å². The predicted molar refractivity (Wildman–Crippen MR) is 145 cm³/mol. The van der Waals surface area contributed by atoms with Gasteiger partial charge in [0.15, 0.2) is 6.61 Å². The molecule has 1 unspecified atom stereocenters. The molecule has 7 heteroatoms. The summed E-state index contributed by atoms with van der Waals surface area (Å²) in [6.07, 6.45) is 8.66. The standard InChI is InChI=1S/C30H49NO6/c1-5-8-9-12-23(32)15-17-25(27(33)7-3)22-14-16-26-21(18-22)11-10-13-28(26)36-20-30(35)37-24(6-2)19-29(34)31-4/h10-11,13,22-25,27,32-33H,5-9,12,14-20H2,1-4H3,(H,31,34)/t22-,23+,24?,25-,27-/m1/s1. The zero-order valence-electron chi connectivity index (χ0n) is 23.3. The highest BCUT2D eigenvalue weighted by molar-refractivity contribution is 5.77. The minimum absolute atomic E-state index is 0.140. The fourth-order valence-electron chi connectivity index (χ4n) is 5.44. The van der Waals surface area contributed by atoms with Gasteiger partial charge in [0.05, 0.1) is 18.6 Å². The van der Waals surface area contributed by atoms with Gasteiger partial charge < -0.3 is 25.0 Å². The second-order valence-electron chi connectivity index (χ2n) is 10.4. The summed E-state index contributed by atoms with van der Waals surface area (Å²) >= 11 is 0. The number of aliphatic hydroxyl groups is 2. The van der Waals surface area contributed by atoms with Gasteiger partial charge in [0.1, 0.15) is 11.9 Å². The van der Waals surface area contributed by atoms with Crippen LogP contribution in [0.5, 0.6) is 5.75 Å². The minimum atomic E-state index is -0.481. The second-order valence-corrected chi connectivity index (χ2v) is 10.4. The SMILES string of the molecule is CCCCC[C@H](O)CC[C@H]([C@@H]1CCc2c(cccc2OCC(=O)OC(CC)CC(=O)NC)C1)[C@H](O)CC. The molecule has 37 heavy (non-hydrogen) atoms. The Morgan fingerprint density at radius 2 is 1.86 bits per heavy atom. The number of fused-ring (bicyclic) bond motifs is 1. The highest BCUT2D eigenvalue weighted by atomic mass is 16.6. The first-order valence-electron chi connectivity index (χ1n) is 14.3. The monoisotopic (exact) mass is 519 g/mol. The van der Waals surface area contributed by atoms with Crippen molar-refractivity contribution in [2.45, 2.75) is 116 Å². The second kappa shape index (κ2) is 16.7. The third kappa shape index (κ3) is 10.3. The van der Waals surface area contributed by atoms with Gasteiger partial charge in [0.25, 0.3) is 0 Å². The summed E-state index contributed by atoms with van der Waals surface area (Å²) in [5, 5.41) is 23.8. The Kier molecular flexibility index (Phi) is 14.0. The molecule has 0 radical (unpaired) electrons. The van der Waals surface area contributed by atoms with Gasteiger partial charge in [-0.3, -0.25) is 4.79 Å². The molecule has 3 N–H and O–H groups in total. The fourth-order valence-corrected chi connectivity index (χ4v) is 5.44. The van der Waals surface area contributed by atoms with Crippen LogP contribution >= 0.6 is 0 Å². The Morgan fingerprint density at radius 1 is 1.08 bits per heavy atom. The van der Waals surface area contributed by atoms with E-state index in [2.05, 4.69) is 18.3 Å². The summed E-state index contributed by atoms with van der Waals surface area (Å²) in [4.78, 5) is 24.0. The maximum Gasteiger partial charge on any atom is 0.344 e. The molecular weight excluding hydrogens is 470 g/mol. The van der Waals surface area contributed by atoms with E-state index < -0.39 is 12.1 Å². The molecule has 1 aromatic carbocycles. The van der Waals surface area contributed by atoms with E-state index in [0.29, 0.717) is 24.5 Å². The van der Waals surface area contributed by atoms with Crippen LogP contribution in [0.15, 0.2) is 18.2 Å². The number of esters is 1. The van der Waals surface area contributed by atoms with Crippen LogP contribution in [-0.4, -0.2) is 54.1 Å². The number of hydrogen-bond acceptors (Lipinski definition) is 6. The zero-order chi connectivity index (χ0) is 27.2. The highest BCUT2D eigenvalue weighted by Gasteiger charge is 2.32. The van der Waals surface area contributed by atoms with E-state index in [1.54, 1.807) is 7.05 Å². The van der Waals surface area contributed by atoms with Gasteiger partial charge in [-0.25, -0.2) is 4.79 Å². The molecule has 5 atom stereocenters. The van der Waals surface area contributed by atoms with E-state index in [1.165, 1.54) is 5.56 Å². The molecule has 0 aromatic heterocycles. The van der Waals surface area contributed by atoms with E-state index in [9.17, 15) is 19.8 Å². The van der Waals surface area contributed by atoms with Crippen molar-refractivity contribution in [3.63, 3.8) is 0 Å². The Bertz CT molecular complexity index is 828. The van der Waals surface area contributed by atoms with Gasteiger partial charge in [-0.1, -0.05) is 52.2 Å². The van der Waals surface area contributed by atoms with E-state index in [4.69, 9.17) is 9.47 Å². The first-order chi connectivity index (χ1) is 17.8. The molecule has 0 spiro atoms. The van der Waals surface area contributed by atoms with Crippen molar-refractivity contribution in [2.75, 3.05) is 13.7 Å². The van der Waals surface area contributed by atoms with Gasteiger partial charge in [0, 0.05) is 7.05 Å². The number of aliphatic hydroxyl groups excluding tert-OH is 2. The lowest BCUT2D eigenvalue weighted by Crippen LogP contribution is -2.32. The van der Waals surface area contributed by atoms with E-state index in [1.807, 2.05) is 26.0 Å². The lowest BCUT2D eigenvalue weighted by molar-refractivity contribution is -0.152. The van der Waals surface area contributed by atoms with Gasteiger partial charge in [0.2, 0.25) is 5.91 Å². The molecule has 1 aliphatic rings. The van der Waals surface area contributed by atoms with E-state index in [0.717, 1.165) is 63.4 Å². The molecule has 1 aliphatic carbocycles. The molecule has 1 amide bonds. The summed E-state index contributed by atoms with van der Waals surface area (Å²) in [5.41, 5.74) is 2.32. The average Bonchev–Trinajstić information content (AvgIpc) is 2.91. The molecule has 0 saturated carbocycles. The average molecular weight is 520 g/mol. The molecule has 210 valence electrons. The van der Waals surface area contributed by atoms with Crippen molar-refractivity contribution >= 4 is 11.9 Å². The molecular formula is C30H49NO6. The number of nitrogens with one attached hydrogen (secondary N) is 1. The normalized spacial score (nSPS) is 18.3. The van der Waals surface area contributed by atoms with Crippen molar-refractivity contribution in [3.8, 4) is 5.75 Å². The summed E-state index contributed by atoms with van der Waals surface area (Å²) in [7, 11) is 1.56. The smallest absolute Gasteiger partial charge is 0.344 e. The van der Waals surface area contributed by atoms with Crippen LogP contribution in [0.2, 0.25) is 0 Å². The van der Waals surface area contributed by atoms with E-state index in [-0.39, 0.29) is 37.1 Å². The number of carbonyl (C=O) groups is 2. The predicted octanol–water partition coefficient (Wildman–Crippen LogP) is 4.74. The van der Waals surface area contributed by atoms with E-state index >= 15 is 0 Å². The van der Waals surface area contributed by atoms with Gasteiger partial charge in [-0.2, -0.15) is 0 Å². The Morgan fingerprint density at radius 3 is 2.54 bits per heavy atom. The maximum atomic E-state index is 12.4. The number of amides is 1. The van der Waals surface area contributed by atoms with Crippen molar-refractivity contribution < 1.29 is 29.3 Å². The van der Waals surface area contributed by atoms with Crippen molar-refractivity contribution in [1.82, 2.24) is 5.32 Å². The minimum Gasteiger partial charge on any atom is -0.482 e. The first-order valence-corrected chi connectivity index (χ1v) is 14.3. The summed E-state index contributed by atoms with van der Waals surface area (Å²) in [6, 6.07) is 5.95. The van der Waals surface area contributed by atoms with Crippen molar-refractivity contribution in [1.29, 1.82) is 0 Å². The number of rotatable bonds is 17. The summed E-state index contributed by atoms with van der Waals surface area (Å²) in [5.74, 6) is 0.562. The zero-order valence-corrected chi connectivity index (χ0v) is 23.3. The topological polar surface area (TPSA) is 105 Å². The number of hydrogen-bond donors (Lipinski definition) is 3. The Balaban J connectivity index is 1.97. The first kappa shape index (κ1) is 31.1. The Labute approximate surface area is 223 Å². The molecule has 1 aromatic rings. The fraction of sp³-hybridized carbons (Fsp3) is 0.733. The largest absolute Gasteiger partial charge is 0.482 e. The van der Waals surface area contributed by atoms with Gasteiger partial charge in [-0.05, 0) is 80.4 Å². The molecule has 0 aliphatic heterocycles. The van der Waals surface area contributed by atoms with Crippen LogP contribution < -0.4 is 10.1 Å². The molecule has 0 heterocycles. The number of benzene rings is 1. The molecule has 0 fully saturated rings. The van der Waals surface area contributed by atoms with Crippen LogP contribution in [-0.2, 0) is 27.2 Å². The third-order valence-electron chi connectivity index (χ3n) is 7.76. The number of ether oxygens (including phenoxy) is 2.